The predicted molar refractivity (Wildman–Crippen MR) is 115 cm³/mol. The first-order valence-electron chi connectivity index (χ1n) is 9.88. The van der Waals surface area contributed by atoms with Crippen LogP contribution >= 0.6 is 0 Å². The molecule has 29 heavy (non-hydrogen) atoms. The molecular formula is C22H24N4O2S. The molecule has 2 aromatic carbocycles. The number of benzene rings is 2. The van der Waals surface area contributed by atoms with Crippen molar-refractivity contribution in [3.8, 4) is 0 Å². The van der Waals surface area contributed by atoms with Crippen LogP contribution in [-0.4, -0.2) is 23.0 Å². The fraction of sp³-hybridized carbons (Fsp3) is 0.273. The van der Waals surface area contributed by atoms with Crippen LogP contribution in [0.15, 0.2) is 64.4 Å². The molecule has 0 unspecified atom stereocenters. The molecule has 0 saturated carbocycles. The first kappa shape index (κ1) is 19.4. The van der Waals surface area contributed by atoms with Crippen LogP contribution in [0, 0.1) is 0 Å². The summed E-state index contributed by atoms with van der Waals surface area (Å²) in [6, 6.07) is 15.8. The van der Waals surface area contributed by atoms with Gasteiger partial charge in [0, 0.05) is 6.54 Å². The molecule has 0 aliphatic rings. The van der Waals surface area contributed by atoms with Gasteiger partial charge in [0.25, 0.3) is 0 Å². The monoisotopic (exact) mass is 408 g/mol. The molecule has 0 radical (unpaired) electrons. The van der Waals surface area contributed by atoms with Crippen molar-refractivity contribution in [2.24, 2.45) is 0 Å². The van der Waals surface area contributed by atoms with Crippen LogP contribution in [0.1, 0.15) is 32.6 Å². The van der Waals surface area contributed by atoms with Crippen molar-refractivity contribution < 1.29 is 8.42 Å². The lowest BCUT2D eigenvalue weighted by Crippen LogP contribution is -2.08. The third kappa shape index (κ3) is 3.46. The Morgan fingerprint density at radius 3 is 2.24 bits per heavy atom. The second-order valence-corrected chi connectivity index (χ2v) is 9.01. The molecular weight excluding hydrogens is 384 g/mol. The van der Waals surface area contributed by atoms with E-state index in [1.807, 2.05) is 24.3 Å². The largest absolute Gasteiger partial charge is 0.384 e. The summed E-state index contributed by atoms with van der Waals surface area (Å²) in [5, 5.41) is 0. The Bertz CT molecular complexity index is 1260. The number of para-hydroxylation sites is 2. The minimum Gasteiger partial charge on any atom is -0.384 e. The van der Waals surface area contributed by atoms with Crippen LogP contribution in [0.4, 0.5) is 5.82 Å². The van der Waals surface area contributed by atoms with Gasteiger partial charge in [-0.15, -0.1) is 0 Å². The Morgan fingerprint density at radius 1 is 0.897 bits per heavy atom. The number of unbranched alkanes of at least 4 members (excludes halogenated alkanes) is 3. The van der Waals surface area contributed by atoms with E-state index in [1.54, 1.807) is 34.9 Å². The molecule has 2 heterocycles. The fourth-order valence-electron chi connectivity index (χ4n) is 3.59. The van der Waals surface area contributed by atoms with Crippen LogP contribution in [-0.2, 0) is 16.4 Å². The van der Waals surface area contributed by atoms with E-state index in [0.29, 0.717) is 23.2 Å². The third-order valence-electron chi connectivity index (χ3n) is 5.10. The number of fused-ring (bicyclic) bond motifs is 2. The molecule has 7 heteroatoms. The number of hydrogen-bond acceptors (Lipinski definition) is 5. The molecule has 0 fully saturated rings. The zero-order valence-corrected chi connectivity index (χ0v) is 17.2. The van der Waals surface area contributed by atoms with Gasteiger partial charge in [0.2, 0.25) is 9.84 Å². The standard InChI is InChI=1S/C22H24N4O2S/c1-2-3-4-10-15-26-21(23)20(29(27,28)16-11-6-5-7-12-16)19-22(26)25-18-14-9-8-13-17(18)24-19/h5-9,11-14H,2-4,10,15,23H2,1H3. The molecule has 0 atom stereocenters. The topological polar surface area (TPSA) is 90.9 Å². The zero-order chi connectivity index (χ0) is 20.4. The van der Waals surface area contributed by atoms with Crippen molar-refractivity contribution in [1.82, 2.24) is 14.5 Å². The highest BCUT2D eigenvalue weighted by Crippen LogP contribution is 2.35. The molecule has 150 valence electrons. The summed E-state index contributed by atoms with van der Waals surface area (Å²) in [5.41, 5.74) is 8.64. The highest BCUT2D eigenvalue weighted by molar-refractivity contribution is 7.92. The summed E-state index contributed by atoms with van der Waals surface area (Å²) in [4.78, 5) is 9.62. The van der Waals surface area contributed by atoms with Crippen molar-refractivity contribution in [2.75, 3.05) is 5.73 Å². The molecule has 0 spiro atoms. The van der Waals surface area contributed by atoms with Crippen LogP contribution in [0.2, 0.25) is 0 Å². The lowest BCUT2D eigenvalue weighted by molar-refractivity contribution is 0.589. The van der Waals surface area contributed by atoms with Gasteiger partial charge in [-0.05, 0) is 30.7 Å². The number of nitrogens with zero attached hydrogens (tertiary/aromatic N) is 3. The number of sulfone groups is 1. The third-order valence-corrected chi connectivity index (χ3v) is 6.94. The van der Waals surface area contributed by atoms with E-state index in [2.05, 4.69) is 11.9 Å². The van der Waals surface area contributed by atoms with Crippen molar-refractivity contribution in [2.45, 2.75) is 48.9 Å². The Morgan fingerprint density at radius 2 is 1.55 bits per heavy atom. The SMILES string of the molecule is CCCCCCn1c(N)c(S(=O)(=O)c2ccccc2)c2nc3ccccc3nc21. The minimum atomic E-state index is -3.83. The number of hydrogen-bond donors (Lipinski definition) is 1. The lowest BCUT2D eigenvalue weighted by Gasteiger charge is -2.08. The van der Waals surface area contributed by atoms with Gasteiger partial charge in [-0.2, -0.15) is 0 Å². The predicted octanol–water partition coefficient (Wildman–Crippen LogP) is 4.58. The summed E-state index contributed by atoms with van der Waals surface area (Å²) in [5.74, 6) is 0.204. The highest BCUT2D eigenvalue weighted by Gasteiger charge is 2.29. The quantitative estimate of drug-likeness (QED) is 0.452. The maximum absolute atomic E-state index is 13.4. The maximum atomic E-state index is 13.4. The molecule has 0 bridgehead atoms. The van der Waals surface area contributed by atoms with Gasteiger partial charge in [0.05, 0.1) is 15.9 Å². The van der Waals surface area contributed by atoms with Crippen LogP contribution in [0.5, 0.6) is 0 Å². The van der Waals surface area contributed by atoms with Crippen molar-refractivity contribution in [3.05, 3.63) is 54.6 Å². The first-order chi connectivity index (χ1) is 14.0. The highest BCUT2D eigenvalue weighted by atomic mass is 32.2. The van der Waals surface area contributed by atoms with Crippen molar-refractivity contribution in [3.63, 3.8) is 0 Å². The van der Waals surface area contributed by atoms with E-state index < -0.39 is 9.84 Å². The second kappa shape index (κ2) is 7.83. The molecule has 0 saturated heterocycles. The van der Waals surface area contributed by atoms with Gasteiger partial charge >= 0.3 is 0 Å². The smallest absolute Gasteiger partial charge is 0.212 e. The average Bonchev–Trinajstić information content (AvgIpc) is 3.01. The summed E-state index contributed by atoms with van der Waals surface area (Å²) >= 11 is 0. The van der Waals surface area contributed by atoms with E-state index in [0.717, 1.165) is 31.2 Å². The molecule has 2 aromatic heterocycles. The summed E-state index contributed by atoms with van der Waals surface area (Å²) < 4.78 is 28.7. The van der Waals surface area contributed by atoms with E-state index in [4.69, 9.17) is 10.7 Å². The normalized spacial score (nSPS) is 12.0. The van der Waals surface area contributed by atoms with Gasteiger partial charge < -0.3 is 10.3 Å². The number of anilines is 1. The van der Waals surface area contributed by atoms with Gasteiger partial charge in [-0.3, -0.25) is 0 Å². The van der Waals surface area contributed by atoms with E-state index in [9.17, 15) is 8.42 Å². The average molecular weight is 409 g/mol. The van der Waals surface area contributed by atoms with Crippen LogP contribution in [0.25, 0.3) is 22.2 Å². The second-order valence-electron chi connectivity index (χ2n) is 7.13. The number of nitrogen functional groups attached to an aromatic ring is 1. The van der Waals surface area contributed by atoms with Gasteiger partial charge in [-0.25, -0.2) is 18.4 Å². The first-order valence-corrected chi connectivity index (χ1v) is 11.4. The number of aryl methyl sites for hydroxylation is 1. The number of aromatic nitrogens is 3. The Balaban J connectivity index is 1.95. The number of nitrogens with two attached hydrogens (primary N) is 1. The van der Waals surface area contributed by atoms with Gasteiger partial charge in [0.1, 0.15) is 16.2 Å². The van der Waals surface area contributed by atoms with E-state index in [1.165, 1.54) is 0 Å². The van der Waals surface area contributed by atoms with Crippen LogP contribution in [0.3, 0.4) is 0 Å². The molecule has 6 nitrogen and oxygen atoms in total. The van der Waals surface area contributed by atoms with Crippen LogP contribution < -0.4 is 5.73 Å². The maximum Gasteiger partial charge on any atom is 0.212 e. The Labute approximate surface area is 170 Å². The van der Waals surface area contributed by atoms with Crippen molar-refractivity contribution >= 4 is 37.9 Å². The zero-order valence-electron chi connectivity index (χ0n) is 16.4. The molecule has 4 aromatic rings. The molecule has 4 rings (SSSR count). The van der Waals surface area contributed by atoms with Crippen molar-refractivity contribution in [1.29, 1.82) is 0 Å². The molecule has 0 amide bonds. The summed E-state index contributed by atoms with van der Waals surface area (Å²) in [6.45, 7) is 2.77. The minimum absolute atomic E-state index is 0.0486. The molecule has 2 N–H and O–H groups in total. The Kier molecular flexibility index (Phi) is 5.24. The van der Waals surface area contributed by atoms with Gasteiger partial charge in [-0.1, -0.05) is 56.5 Å². The lowest BCUT2D eigenvalue weighted by atomic mass is 10.2. The molecule has 0 aliphatic carbocycles. The van der Waals surface area contributed by atoms with Gasteiger partial charge in [0.15, 0.2) is 5.65 Å². The Hall–Kier alpha value is -2.93. The van der Waals surface area contributed by atoms with E-state index in [-0.39, 0.29) is 15.6 Å². The number of rotatable bonds is 7. The summed E-state index contributed by atoms with van der Waals surface area (Å²) in [7, 11) is -3.83. The molecule has 0 aliphatic heterocycles. The fourth-order valence-corrected chi connectivity index (χ4v) is 5.12. The summed E-state index contributed by atoms with van der Waals surface area (Å²) in [6.07, 6.45) is 4.21. The van der Waals surface area contributed by atoms with E-state index >= 15 is 0 Å².